The van der Waals surface area contributed by atoms with Crippen molar-refractivity contribution in [1.29, 1.82) is 0 Å². The van der Waals surface area contributed by atoms with Crippen LogP contribution >= 0.6 is 0 Å². The van der Waals surface area contributed by atoms with Gasteiger partial charge >= 0.3 is 0 Å². The smallest absolute Gasteiger partial charge is 0.0466 e. The molecule has 80 valence electrons. The predicted molar refractivity (Wildman–Crippen MR) is 57.2 cm³/mol. The first-order chi connectivity index (χ1) is 6.31. The normalized spacial score (nSPS) is 11.1. The summed E-state index contributed by atoms with van der Waals surface area (Å²) in [5.41, 5.74) is 0. The Balaban J connectivity index is 3.03. The zero-order valence-electron chi connectivity index (χ0n) is 9.31. The van der Waals surface area contributed by atoms with E-state index < -0.39 is 0 Å². The number of ether oxygens (including phenoxy) is 1. The van der Waals surface area contributed by atoms with Crippen LogP contribution in [-0.2, 0) is 4.74 Å². The van der Waals surface area contributed by atoms with Crippen LogP contribution < -0.4 is 5.32 Å². The fraction of sp³-hybridized carbons (Fsp3) is 1.00. The first-order valence-electron chi connectivity index (χ1n) is 5.22. The number of rotatable bonds is 9. The van der Waals surface area contributed by atoms with Gasteiger partial charge in [0.1, 0.15) is 0 Å². The molecule has 0 aromatic carbocycles. The third-order valence-electron chi connectivity index (χ3n) is 2.03. The van der Waals surface area contributed by atoms with E-state index in [4.69, 9.17) is 4.74 Å². The van der Waals surface area contributed by atoms with Gasteiger partial charge in [-0.3, -0.25) is 0 Å². The predicted octanol–water partition coefficient (Wildman–Crippen LogP) is 0.954. The van der Waals surface area contributed by atoms with Gasteiger partial charge in [0, 0.05) is 26.3 Å². The topological polar surface area (TPSA) is 24.5 Å². The molecular weight excluding hydrogens is 164 g/mol. The molecular formula is C10H24N2O. The van der Waals surface area contributed by atoms with Crippen molar-refractivity contribution in [3.8, 4) is 0 Å². The van der Waals surface area contributed by atoms with Crippen LogP contribution in [-0.4, -0.2) is 51.8 Å². The minimum absolute atomic E-state index is 0.843. The van der Waals surface area contributed by atoms with Gasteiger partial charge < -0.3 is 15.0 Å². The quantitative estimate of drug-likeness (QED) is 0.545. The molecule has 3 nitrogen and oxygen atoms in total. The van der Waals surface area contributed by atoms with Crippen LogP contribution in [0.3, 0.4) is 0 Å². The zero-order chi connectivity index (χ0) is 9.94. The van der Waals surface area contributed by atoms with Crippen molar-refractivity contribution in [3.05, 3.63) is 0 Å². The van der Waals surface area contributed by atoms with E-state index in [1.807, 2.05) is 14.0 Å². The number of hydrogen-bond donors (Lipinski definition) is 1. The number of nitrogens with one attached hydrogen (secondary N) is 1. The Bertz CT molecular complexity index is 98.9. The van der Waals surface area contributed by atoms with Gasteiger partial charge in [-0.15, -0.1) is 0 Å². The monoisotopic (exact) mass is 188 g/mol. The van der Waals surface area contributed by atoms with Gasteiger partial charge in [-0.25, -0.2) is 0 Å². The van der Waals surface area contributed by atoms with Gasteiger partial charge in [0.25, 0.3) is 0 Å². The average molecular weight is 188 g/mol. The Morgan fingerprint density at radius 1 is 1.23 bits per heavy atom. The van der Waals surface area contributed by atoms with Crippen LogP contribution in [0.2, 0.25) is 0 Å². The van der Waals surface area contributed by atoms with Gasteiger partial charge in [0.05, 0.1) is 0 Å². The van der Waals surface area contributed by atoms with Crippen molar-refractivity contribution >= 4 is 0 Å². The third-order valence-corrected chi connectivity index (χ3v) is 2.03. The molecule has 0 bridgehead atoms. The lowest BCUT2D eigenvalue weighted by Gasteiger charge is -2.15. The van der Waals surface area contributed by atoms with Crippen LogP contribution in [0.25, 0.3) is 0 Å². The Labute approximate surface area is 82.4 Å². The standard InChI is InChI=1S/C10H24N2O/c1-4-13-10-6-5-8-12(3)9-7-11-2/h11H,4-10H2,1-3H3. The molecule has 0 rings (SSSR count). The van der Waals surface area contributed by atoms with Crippen LogP contribution in [0.15, 0.2) is 0 Å². The average Bonchev–Trinajstić information content (AvgIpc) is 2.14. The van der Waals surface area contributed by atoms with E-state index in [-0.39, 0.29) is 0 Å². The molecule has 0 unspecified atom stereocenters. The molecule has 13 heavy (non-hydrogen) atoms. The highest BCUT2D eigenvalue weighted by atomic mass is 16.5. The van der Waals surface area contributed by atoms with E-state index in [2.05, 4.69) is 17.3 Å². The molecule has 0 atom stereocenters. The largest absolute Gasteiger partial charge is 0.382 e. The second-order valence-electron chi connectivity index (χ2n) is 3.31. The van der Waals surface area contributed by atoms with E-state index in [1.165, 1.54) is 19.4 Å². The summed E-state index contributed by atoms with van der Waals surface area (Å²) in [6.45, 7) is 7.17. The van der Waals surface area contributed by atoms with Crippen molar-refractivity contribution in [2.45, 2.75) is 19.8 Å². The number of hydrogen-bond acceptors (Lipinski definition) is 3. The molecule has 3 heteroatoms. The maximum absolute atomic E-state index is 5.27. The Morgan fingerprint density at radius 3 is 2.62 bits per heavy atom. The van der Waals surface area contributed by atoms with E-state index >= 15 is 0 Å². The molecule has 0 fully saturated rings. The lowest BCUT2D eigenvalue weighted by molar-refractivity contribution is 0.140. The number of unbranched alkanes of at least 4 members (excludes halogenated alkanes) is 1. The number of likely N-dealkylation sites (N-methyl/N-ethyl adjacent to an activating group) is 2. The molecule has 0 aliphatic heterocycles. The Morgan fingerprint density at radius 2 is 2.00 bits per heavy atom. The summed E-state index contributed by atoms with van der Waals surface area (Å²) >= 11 is 0. The SMILES string of the molecule is CCOCCCCN(C)CCNC. The van der Waals surface area contributed by atoms with Gasteiger partial charge in [-0.2, -0.15) is 0 Å². The van der Waals surface area contributed by atoms with Crippen molar-refractivity contribution in [1.82, 2.24) is 10.2 Å². The maximum atomic E-state index is 5.27. The summed E-state index contributed by atoms with van der Waals surface area (Å²) in [7, 11) is 4.15. The molecule has 1 N–H and O–H groups in total. The highest BCUT2D eigenvalue weighted by Crippen LogP contribution is 1.92. The fourth-order valence-electron chi connectivity index (χ4n) is 1.14. The lowest BCUT2D eigenvalue weighted by Crippen LogP contribution is -2.28. The minimum atomic E-state index is 0.843. The molecule has 0 amide bonds. The minimum Gasteiger partial charge on any atom is -0.382 e. The van der Waals surface area contributed by atoms with Crippen LogP contribution in [0.4, 0.5) is 0 Å². The van der Waals surface area contributed by atoms with Crippen LogP contribution in [0, 0.1) is 0 Å². The molecule has 0 heterocycles. The molecule has 0 radical (unpaired) electrons. The molecule has 0 aliphatic carbocycles. The molecule has 0 aliphatic rings. The summed E-state index contributed by atoms with van der Waals surface area (Å²) < 4.78 is 5.27. The highest BCUT2D eigenvalue weighted by Gasteiger charge is 1.96. The Hall–Kier alpha value is -0.120. The summed E-state index contributed by atoms with van der Waals surface area (Å²) in [4.78, 5) is 2.35. The van der Waals surface area contributed by atoms with Crippen molar-refractivity contribution in [3.63, 3.8) is 0 Å². The van der Waals surface area contributed by atoms with Crippen LogP contribution in [0.5, 0.6) is 0 Å². The van der Waals surface area contributed by atoms with E-state index in [1.54, 1.807) is 0 Å². The Kier molecular flexibility index (Phi) is 9.87. The first kappa shape index (κ1) is 12.9. The molecule has 0 spiro atoms. The van der Waals surface area contributed by atoms with E-state index in [0.717, 1.165) is 26.3 Å². The third kappa shape index (κ3) is 9.80. The van der Waals surface area contributed by atoms with E-state index in [9.17, 15) is 0 Å². The van der Waals surface area contributed by atoms with Gasteiger partial charge in [-0.1, -0.05) is 0 Å². The van der Waals surface area contributed by atoms with Crippen molar-refractivity contribution in [2.75, 3.05) is 46.9 Å². The summed E-state index contributed by atoms with van der Waals surface area (Å²) in [5, 5.41) is 3.14. The second-order valence-corrected chi connectivity index (χ2v) is 3.31. The molecule has 0 aromatic heterocycles. The highest BCUT2D eigenvalue weighted by molar-refractivity contribution is 4.52. The van der Waals surface area contributed by atoms with Crippen molar-refractivity contribution in [2.24, 2.45) is 0 Å². The maximum Gasteiger partial charge on any atom is 0.0466 e. The van der Waals surface area contributed by atoms with Crippen molar-refractivity contribution < 1.29 is 4.74 Å². The second kappa shape index (κ2) is 9.96. The first-order valence-corrected chi connectivity index (χ1v) is 5.22. The summed E-state index contributed by atoms with van der Waals surface area (Å²) in [5.74, 6) is 0. The van der Waals surface area contributed by atoms with Gasteiger partial charge in [0.2, 0.25) is 0 Å². The molecule has 0 aromatic rings. The lowest BCUT2D eigenvalue weighted by atomic mass is 10.3. The summed E-state index contributed by atoms with van der Waals surface area (Å²) in [6.07, 6.45) is 2.41. The number of nitrogens with zero attached hydrogens (tertiary/aromatic N) is 1. The van der Waals surface area contributed by atoms with E-state index in [0.29, 0.717) is 0 Å². The fourth-order valence-corrected chi connectivity index (χ4v) is 1.14. The molecule has 0 saturated heterocycles. The van der Waals surface area contributed by atoms with Crippen LogP contribution in [0.1, 0.15) is 19.8 Å². The zero-order valence-corrected chi connectivity index (χ0v) is 9.31. The molecule has 0 saturated carbocycles. The summed E-state index contributed by atoms with van der Waals surface area (Å²) in [6, 6.07) is 0. The van der Waals surface area contributed by atoms with Gasteiger partial charge in [0.15, 0.2) is 0 Å². The van der Waals surface area contributed by atoms with Gasteiger partial charge in [-0.05, 0) is 40.4 Å².